The molecule has 3 nitrogen and oxygen atoms in total. The van der Waals surface area contributed by atoms with Crippen LogP contribution in [0.4, 0.5) is 8.78 Å². The molecule has 1 fully saturated rings. The maximum Gasteiger partial charge on any atom is 0.159 e. The Morgan fingerprint density at radius 2 is 2.17 bits per heavy atom. The zero-order chi connectivity index (χ0) is 16.2. The zero-order valence-electron chi connectivity index (χ0n) is 13.5. The van der Waals surface area contributed by atoms with Crippen molar-refractivity contribution in [3.63, 3.8) is 0 Å². The van der Waals surface area contributed by atoms with E-state index < -0.39 is 11.6 Å². The molecule has 0 radical (unpaired) electrons. The van der Waals surface area contributed by atoms with Gasteiger partial charge in [-0.1, -0.05) is 6.07 Å². The van der Waals surface area contributed by atoms with Gasteiger partial charge in [-0.2, -0.15) is 0 Å². The fraction of sp³-hybridized carbons (Fsp3) is 0.500. The predicted molar refractivity (Wildman–Crippen MR) is 86.0 cm³/mol. The summed E-state index contributed by atoms with van der Waals surface area (Å²) in [5.74, 6) is -0.912. The van der Waals surface area contributed by atoms with Gasteiger partial charge in [-0.05, 0) is 62.8 Å². The molecule has 0 amide bonds. The first-order valence-corrected chi connectivity index (χ1v) is 8.27. The normalized spacial score (nSPS) is 19.2. The number of halogens is 2. The molecule has 1 aliphatic heterocycles. The van der Waals surface area contributed by atoms with Crippen molar-refractivity contribution in [2.24, 2.45) is 5.92 Å². The minimum Gasteiger partial charge on any atom is -0.348 e. The second-order valence-corrected chi connectivity index (χ2v) is 6.50. The number of aromatic amines is 1. The van der Waals surface area contributed by atoms with Gasteiger partial charge in [0.25, 0.3) is 0 Å². The molecule has 1 atom stereocenters. The molecule has 0 unspecified atom stereocenters. The average molecular weight is 319 g/mol. The highest BCUT2D eigenvalue weighted by atomic mass is 19.2. The van der Waals surface area contributed by atoms with Crippen molar-refractivity contribution >= 4 is 0 Å². The summed E-state index contributed by atoms with van der Waals surface area (Å²) in [4.78, 5) is 9.94. The van der Waals surface area contributed by atoms with E-state index >= 15 is 0 Å². The third-order valence-corrected chi connectivity index (χ3v) is 4.74. The molecule has 124 valence electrons. The number of aryl methyl sites for hydroxylation is 2. The number of nitrogens with one attached hydrogen (secondary N) is 1. The Bertz CT molecular complexity index is 653. The Morgan fingerprint density at radius 3 is 2.91 bits per heavy atom. The molecule has 2 aromatic rings. The SMILES string of the molecule is Cc1[nH]cnc1CN1CCC[C@@H](CCc2ccc(F)c(F)c2)C1. The third-order valence-electron chi connectivity index (χ3n) is 4.74. The summed E-state index contributed by atoms with van der Waals surface area (Å²) in [7, 11) is 0. The van der Waals surface area contributed by atoms with Crippen molar-refractivity contribution in [3.05, 3.63) is 53.1 Å². The highest BCUT2D eigenvalue weighted by Crippen LogP contribution is 2.23. The van der Waals surface area contributed by atoms with Gasteiger partial charge in [0.1, 0.15) is 0 Å². The molecule has 23 heavy (non-hydrogen) atoms. The molecule has 2 heterocycles. The standard InChI is InChI=1S/C18H23F2N3/c1-13-18(22-12-21-13)11-23-8-2-3-15(10-23)5-4-14-6-7-16(19)17(20)9-14/h6-7,9,12,15H,2-5,8,10-11H2,1H3,(H,21,22)/t15-/m0/s1. The van der Waals surface area contributed by atoms with Gasteiger partial charge in [0, 0.05) is 18.8 Å². The van der Waals surface area contributed by atoms with Crippen LogP contribution < -0.4 is 0 Å². The van der Waals surface area contributed by atoms with E-state index in [4.69, 9.17) is 0 Å². The highest BCUT2D eigenvalue weighted by molar-refractivity contribution is 5.18. The van der Waals surface area contributed by atoms with Crippen LogP contribution in [-0.4, -0.2) is 28.0 Å². The lowest BCUT2D eigenvalue weighted by Crippen LogP contribution is -2.35. The minimum atomic E-state index is -0.771. The molecule has 1 aromatic heterocycles. The van der Waals surface area contributed by atoms with Gasteiger partial charge in [-0.25, -0.2) is 13.8 Å². The Balaban J connectivity index is 1.52. The van der Waals surface area contributed by atoms with E-state index in [1.165, 1.54) is 25.0 Å². The Hall–Kier alpha value is -1.75. The number of hydrogen-bond donors (Lipinski definition) is 1. The predicted octanol–water partition coefficient (Wildman–Crippen LogP) is 3.84. The van der Waals surface area contributed by atoms with Crippen molar-refractivity contribution in [2.75, 3.05) is 13.1 Å². The maximum atomic E-state index is 13.3. The topological polar surface area (TPSA) is 31.9 Å². The Kier molecular flexibility index (Phi) is 5.06. The van der Waals surface area contributed by atoms with Crippen LogP contribution >= 0.6 is 0 Å². The van der Waals surface area contributed by atoms with Crippen LogP contribution in [0.3, 0.4) is 0 Å². The molecule has 1 aromatic carbocycles. The fourth-order valence-corrected chi connectivity index (χ4v) is 3.35. The Morgan fingerprint density at radius 1 is 1.30 bits per heavy atom. The van der Waals surface area contributed by atoms with Gasteiger partial charge in [0.15, 0.2) is 11.6 Å². The second-order valence-electron chi connectivity index (χ2n) is 6.50. The first kappa shape index (κ1) is 16.1. The average Bonchev–Trinajstić information content (AvgIpc) is 2.94. The lowest BCUT2D eigenvalue weighted by Gasteiger charge is -2.32. The van der Waals surface area contributed by atoms with Gasteiger partial charge < -0.3 is 4.98 Å². The molecular formula is C18H23F2N3. The molecular weight excluding hydrogens is 296 g/mol. The molecule has 0 spiro atoms. The minimum absolute atomic E-state index is 0.608. The third kappa shape index (κ3) is 4.16. The molecule has 1 aliphatic rings. The molecule has 0 saturated carbocycles. The number of aromatic nitrogens is 2. The fourth-order valence-electron chi connectivity index (χ4n) is 3.35. The molecule has 5 heteroatoms. The van der Waals surface area contributed by atoms with E-state index in [1.54, 1.807) is 12.4 Å². The summed E-state index contributed by atoms with van der Waals surface area (Å²) in [6.45, 7) is 5.09. The van der Waals surface area contributed by atoms with Crippen LogP contribution in [0.5, 0.6) is 0 Å². The molecule has 0 bridgehead atoms. The maximum absolute atomic E-state index is 13.3. The summed E-state index contributed by atoms with van der Waals surface area (Å²) in [6, 6.07) is 4.23. The van der Waals surface area contributed by atoms with Crippen molar-refractivity contribution in [3.8, 4) is 0 Å². The Labute approximate surface area is 135 Å². The summed E-state index contributed by atoms with van der Waals surface area (Å²) >= 11 is 0. The number of benzene rings is 1. The first-order valence-electron chi connectivity index (χ1n) is 8.27. The van der Waals surface area contributed by atoms with Crippen LogP contribution in [0.2, 0.25) is 0 Å². The number of H-pyrrole nitrogens is 1. The van der Waals surface area contributed by atoms with Crippen LogP contribution in [-0.2, 0) is 13.0 Å². The van der Waals surface area contributed by atoms with Gasteiger partial charge in [-0.15, -0.1) is 0 Å². The number of hydrogen-bond acceptors (Lipinski definition) is 2. The highest BCUT2D eigenvalue weighted by Gasteiger charge is 2.21. The number of nitrogens with zero attached hydrogens (tertiary/aromatic N) is 2. The van der Waals surface area contributed by atoms with E-state index in [2.05, 4.69) is 14.9 Å². The van der Waals surface area contributed by atoms with Gasteiger partial charge in [0.2, 0.25) is 0 Å². The van der Waals surface area contributed by atoms with Crippen molar-refractivity contribution < 1.29 is 8.78 Å². The van der Waals surface area contributed by atoms with Gasteiger partial charge >= 0.3 is 0 Å². The summed E-state index contributed by atoms with van der Waals surface area (Å²) < 4.78 is 26.2. The molecule has 1 saturated heterocycles. The van der Waals surface area contributed by atoms with Crippen LogP contribution in [0.15, 0.2) is 24.5 Å². The van der Waals surface area contributed by atoms with Crippen molar-refractivity contribution in [2.45, 2.75) is 39.2 Å². The van der Waals surface area contributed by atoms with E-state index in [1.807, 2.05) is 6.92 Å². The van der Waals surface area contributed by atoms with Crippen molar-refractivity contribution in [1.82, 2.24) is 14.9 Å². The summed E-state index contributed by atoms with van der Waals surface area (Å²) in [5, 5.41) is 0. The van der Waals surface area contributed by atoms with Gasteiger partial charge in [-0.3, -0.25) is 4.90 Å². The number of rotatable bonds is 5. The van der Waals surface area contributed by atoms with E-state index in [-0.39, 0.29) is 0 Å². The van der Waals surface area contributed by atoms with Crippen molar-refractivity contribution in [1.29, 1.82) is 0 Å². The zero-order valence-corrected chi connectivity index (χ0v) is 13.5. The lowest BCUT2D eigenvalue weighted by atomic mass is 9.91. The van der Waals surface area contributed by atoms with E-state index in [9.17, 15) is 8.78 Å². The van der Waals surface area contributed by atoms with E-state index in [0.717, 1.165) is 49.4 Å². The first-order chi connectivity index (χ1) is 11.1. The monoisotopic (exact) mass is 319 g/mol. The largest absolute Gasteiger partial charge is 0.348 e. The quantitative estimate of drug-likeness (QED) is 0.908. The van der Waals surface area contributed by atoms with Gasteiger partial charge in [0.05, 0.1) is 12.0 Å². The number of piperidine rings is 1. The molecule has 1 N–H and O–H groups in total. The lowest BCUT2D eigenvalue weighted by molar-refractivity contribution is 0.160. The molecule has 0 aliphatic carbocycles. The number of likely N-dealkylation sites (tertiary alicyclic amines) is 1. The summed E-state index contributed by atoms with van der Waals surface area (Å²) in [5.41, 5.74) is 3.13. The number of imidazole rings is 1. The smallest absolute Gasteiger partial charge is 0.159 e. The van der Waals surface area contributed by atoms with E-state index in [0.29, 0.717) is 5.92 Å². The van der Waals surface area contributed by atoms with Crippen LogP contribution in [0, 0.1) is 24.5 Å². The van der Waals surface area contributed by atoms with Crippen LogP contribution in [0.25, 0.3) is 0 Å². The second kappa shape index (κ2) is 7.21. The van der Waals surface area contributed by atoms with Crippen LogP contribution in [0.1, 0.15) is 36.2 Å². The molecule has 3 rings (SSSR count). The summed E-state index contributed by atoms with van der Waals surface area (Å²) in [6.07, 6.45) is 5.96.